The average Bonchev–Trinajstić information content (AvgIpc) is 3.18. The fourth-order valence-electron chi connectivity index (χ4n) is 3.38. The number of hydrogen-bond donors (Lipinski definition) is 0. The molecule has 3 nitrogen and oxygen atoms in total. The van der Waals surface area contributed by atoms with Gasteiger partial charge in [-0.15, -0.1) is 12.4 Å². The number of rotatable bonds is 4. The van der Waals surface area contributed by atoms with Gasteiger partial charge in [-0.25, -0.2) is 0 Å². The van der Waals surface area contributed by atoms with Crippen LogP contribution in [0.15, 0.2) is 30.3 Å². The number of halogens is 3. The Kier molecular flexibility index (Phi) is 5.69. The predicted molar refractivity (Wildman–Crippen MR) is 103 cm³/mol. The second kappa shape index (κ2) is 7.63. The summed E-state index contributed by atoms with van der Waals surface area (Å²) >= 11 is 12.1. The first-order chi connectivity index (χ1) is 11.6. The Hall–Kier alpha value is -1.13. The van der Waals surface area contributed by atoms with E-state index in [2.05, 4.69) is 30.0 Å². The zero-order valence-corrected chi connectivity index (χ0v) is 16.3. The summed E-state index contributed by atoms with van der Waals surface area (Å²) in [6.07, 6.45) is 2.08. The average molecular weight is 401 g/mol. The maximum Gasteiger partial charge on any atom is 0.231 e. The lowest BCUT2D eigenvalue weighted by atomic mass is 10.1. The van der Waals surface area contributed by atoms with Gasteiger partial charge in [-0.3, -0.25) is 4.90 Å². The lowest BCUT2D eigenvalue weighted by Crippen LogP contribution is -2.28. The van der Waals surface area contributed by atoms with E-state index in [1.165, 1.54) is 16.7 Å². The Bertz CT molecular complexity index is 749. The molecule has 6 heteroatoms. The third-order valence-corrected chi connectivity index (χ3v) is 5.64. The molecule has 0 aliphatic carbocycles. The SMILES string of the molecule is C[C@H](CCc1ccc(Cl)c(Cl)c1)N1Cc2cc3c(cc2C1)OCO3.Cl. The highest BCUT2D eigenvalue weighted by Crippen LogP contribution is 2.38. The van der Waals surface area contributed by atoms with E-state index >= 15 is 0 Å². The molecule has 25 heavy (non-hydrogen) atoms. The van der Waals surface area contributed by atoms with E-state index in [1.807, 2.05) is 12.1 Å². The van der Waals surface area contributed by atoms with Crippen LogP contribution in [0.3, 0.4) is 0 Å². The van der Waals surface area contributed by atoms with Crippen LogP contribution in [0.5, 0.6) is 11.5 Å². The van der Waals surface area contributed by atoms with Crippen LogP contribution in [-0.2, 0) is 19.5 Å². The van der Waals surface area contributed by atoms with Crippen LogP contribution >= 0.6 is 35.6 Å². The Morgan fingerprint density at radius 1 is 1.00 bits per heavy atom. The normalized spacial score (nSPS) is 16.4. The van der Waals surface area contributed by atoms with Crippen LogP contribution in [-0.4, -0.2) is 17.7 Å². The molecule has 0 unspecified atom stereocenters. The van der Waals surface area contributed by atoms with Crippen molar-refractivity contribution >= 4 is 35.6 Å². The lowest BCUT2D eigenvalue weighted by Gasteiger charge is -2.23. The zero-order valence-electron chi connectivity index (χ0n) is 13.9. The Labute approximate surface area is 164 Å². The smallest absolute Gasteiger partial charge is 0.231 e. The van der Waals surface area contributed by atoms with Crippen LogP contribution < -0.4 is 9.47 Å². The van der Waals surface area contributed by atoms with Gasteiger partial charge >= 0.3 is 0 Å². The standard InChI is InChI=1S/C19H19Cl2NO2.ClH/c1-12(2-3-13-4-5-16(20)17(21)6-13)22-9-14-7-18-19(24-11-23-18)8-15(14)10-22;/h4-8,12H,2-3,9-11H2,1H3;1H/t12-;/m1./s1. The minimum absolute atomic E-state index is 0. The van der Waals surface area contributed by atoms with Crippen LogP contribution in [0.1, 0.15) is 30.0 Å². The van der Waals surface area contributed by atoms with E-state index in [4.69, 9.17) is 32.7 Å². The molecule has 0 N–H and O–H groups in total. The molecule has 4 rings (SSSR count). The van der Waals surface area contributed by atoms with Crippen LogP contribution in [0, 0.1) is 0 Å². The Balaban J connectivity index is 0.00000182. The number of aryl methyl sites for hydroxylation is 1. The third-order valence-electron chi connectivity index (χ3n) is 4.90. The van der Waals surface area contributed by atoms with Crippen molar-refractivity contribution in [3.05, 3.63) is 57.1 Å². The van der Waals surface area contributed by atoms with Crippen molar-refractivity contribution in [1.82, 2.24) is 4.90 Å². The summed E-state index contributed by atoms with van der Waals surface area (Å²) in [5, 5.41) is 1.24. The lowest BCUT2D eigenvalue weighted by molar-refractivity contribution is 0.173. The molecule has 134 valence electrons. The van der Waals surface area contributed by atoms with E-state index < -0.39 is 0 Å². The van der Waals surface area contributed by atoms with Crippen molar-refractivity contribution in [3.8, 4) is 11.5 Å². The molecule has 0 bridgehead atoms. The fourth-order valence-corrected chi connectivity index (χ4v) is 3.70. The molecular formula is C19H20Cl3NO2. The minimum Gasteiger partial charge on any atom is -0.454 e. The molecule has 0 fully saturated rings. The highest BCUT2D eigenvalue weighted by Gasteiger charge is 2.26. The second-order valence-corrected chi connectivity index (χ2v) is 7.33. The Morgan fingerprint density at radius 3 is 2.24 bits per heavy atom. The van der Waals surface area contributed by atoms with Gasteiger partial charge in [0, 0.05) is 19.1 Å². The van der Waals surface area contributed by atoms with Crippen molar-refractivity contribution < 1.29 is 9.47 Å². The number of benzene rings is 2. The summed E-state index contributed by atoms with van der Waals surface area (Å²) in [5.74, 6) is 1.75. The third kappa shape index (κ3) is 3.85. The van der Waals surface area contributed by atoms with Crippen LogP contribution in [0.25, 0.3) is 0 Å². The summed E-state index contributed by atoms with van der Waals surface area (Å²) in [6.45, 7) is 4.55. The predicted octanol–water partition coefficient (Wildman–Crippen LogP) is 5.48. The maximum absolute atomic E-state index is 6.10. The summed E-state index contributed by atoms with van der Waals surface area (Å²) in [5.41, 5.74) is 3.93. The molecule has 1 atom stereocenters. The summed E-state index contributed by atoms with van der Waals surface area (Å²) in [7, 11) is 0. The minimum atomic E-state index is 0. The molecule has 0 saturated heterocycles. The van der Waals surface area contributed by atoms with Gasteiger partial charge in [0.15, 0.2) is 11.5 Å². The van der Waals surface area contributed by atoms with Gasteiger partial charge in [0.2, 0.25) is 6.79 Å². The van der Waals surface area contributed by atoms with E-state index in [1.54, 1.807) is 0 Å². The van der Waals surface area contributed by atoms with Gasteiger partial charge < -0.3 is 9.47 Å². The molecule has 0 radical (unpaired) electrons. The molecule has 0 spiro atoms. The van der Waals surface area contributed by atoms with Crippen molar-refractivity contribution in [1.29, 1.82) is 0 Å². The molecular weight excluding hydrogens is 381 g/mol. The maximum atomic E-state index is 6.10. The first-order valence-corrected chi connectivity index (χ1v) is 8.95. The molecule has 2 aromatic rings. The highest BCUT2D eigenvalue weighted by atomic mass is 35.5. The monoisotopic (exact) mass is 399 g/mol. The van der Waals surface area contributed by atoms with Gasteiger partial charge in [-0.2, -0.15) is 0 Å². The van der Waals surface area contributed by atoms with Crippen molar-refractivity contribution in [2.75, 3.05) is 6.79 Å². The van der Waals surface area contributed by atoms with Gasteiger partial charge in [-0.05, 0) is 60.7 Å². The molecule has 0 aromatic heterocycles. The number of nitrogens with zero attached hydrogens (tertiary/aromatic N) is 1. The van der Waals surface area contributed by atoms with Gasteiger partial charge in [0.1, 0.15) is 0 Å². The first kappa shape index (κ1) is 18.7. The van der Waals surface area contributed by atoms with Gasteiger partial charge in [0.25, 0.3) is 0 Å². The van der Waals surface area contributed by atoms with E-state index in [0.29, 0.717) is 22.9 Å². The Morgan fingerprint density at radius 2 is 1.64 bits per heavy atom. The molecule has 0 amide bonds. The van der Waals surface area contributed by atoms with Gasteiger partial charge in [0.05, 0.1) is 10.0 Å². The number of fused-ring (bicyclic) bond motifs is 2. The van der Waals surface area contributed by atoms with Crippen molar-refractivity contribution in [2.24, 2.45) is 0 Å². The van der Waals surface area contributed by atoms with Crippen LogP contribution in [0.4, 0.5) is 0 Å². The molecule has 2 aliphatic rings. The van der Waals surface area contributed by atoms with Gasteiger partial charge in [-0.1, -0.05) is 29.3 Å². The molecule has 0 saturated carbocycles. The molecule has 2 heterocycles. The largest absolute Gasteiger partial charge is 0.454 e. The summed E-state index contributed by atoms with van der Waals surface area (Å²) in [6, 6.07) is 10.6. The summed E-state index contributed by atoms with van der Waals surface area (Å²) in [4.78, 5) is 2.50. The second-order valence-electron chi connectivity index (χ2n) is 6.52. The molecule has 2 aliphatic heterocycles. The fraction of sp³-hybridized carbons (Fsp3) is 0.368. The number of ether oxygens (including phenoxy) is 2. The zero-order chi connectivity index (χ0) is 16.7. The van der Waals surface area contributed by atoms with Crippen molar-refractivity contribution in [2.45, 2.75) is 38.9 Å². The van der Waals surface area contributed by atoms with E-state index in [9.17, 15) is 0 Å². The quantitative estimate of drug-likeness (QED) is 0.678. The first-order valence-electron chi connectivity index (χ1n) is 8.19. The molecule has 2 aromatic carbocycles. The summed E-state index contributed by atoms with van der Waals surface area (Å²) < 4.78 is 11.0. The van der Waals surface area contributed by atoms with E-state index in [-0.39, 0.29) is 12.4 Å². The van der Waals surface area contributed by atoms with Crippen molar-refractivity contribution in [3.63, 3.8) is 0 Å². The van der Waals surface area contributed by atoms with Crippen LogP contribution in [0.2, 0.25) is 10.0 Å². The topological polar surface area (TPSA) is 21.7 Å². The highest BCUT2D eigenvalue weighted by molar-refractivity contribution is 6.42. The van der Waals surface area contributed by atoms with E-state index in [0.717, 1.165) is 37.4 Å². The number of hydrogen-bond acceptors (Lipinski definition) is 3.